The average Bonchev–Trinajstić information content (AvgIpc) is 2.88. The molecule has 2 N–H and O–H groups in total. The molecule has 0 atom stereocenters. The molecule has 0 unspecified atom stereocenters. The number of aromatic nitrogens is 1. The van der Waals surface area contributed by atoms with Crippen LogP contribution in [0.2, 0.25) is 0 Å². The second-order valence-electron chi connectivity index (χ2n) is 8.38. The van der Waals surface area contributed by atoms with E-state index in [0.717, 1.165) is 19.3 Å². The lowest BCUT2D eigenvalue weighted by Crippen LogP contribution is -2.24. The van der Waals surface area contributed by atoms with Crippen molar-refractivity contribution in [3.8, 4) is 17.0 Å². The van der Waals surface area contributed by atoms with Gasteiger partial charge in [0.05, 0.1) is 22.3 Å². The Balaban J connectivity index is 0.000000236. The van der Waals surface area contributed by atoms with E-state index < -0.39 is 10.8 Å². The van der Waals surface area contributed by atoms with Crippen molar-refractivity contribution in [2.24, 2.45) is 5.73 Å². The Morgan fingerprint density at radius 2 is 1.66 bits per heavy atom. The molecule has 184 valence electrons. The van der Waals surface area contributed by atoms with Crippen LogP contribution in [0.4, 0.5) is 5.69 Å². The van der Waals surface area contributed by atoms with Gasteiger partial charge < -0.3 is 10.5 Å². The Morgan fingerprint density at radius 3 is 2.20 bits per heavy atom. The van der Waals surface area contributed by atoms with Gasteiger partial charge in [-0.2, -0.15) is 0 Å². The van der Waals surface area contributed by atoms with Crippen molar-refractivity contribution < 1.29 is 14.5 Å². The largest absolute Gasteiger partial charge is 0.490 e. The Labute approximate surface area is 206 Å². The Morgan fingerprint density at radius 1 is 1.00 bits per heavy atom. The number of carbonyl (C=O) groups excluding carboxylic acids is 1. The molecule has 0 spiro atoms. The lowest BCUT2D eigenvalue weighted by atomic mass is 9.92. The second kappa shape index (κ2) is 12.6. The van der Waals surface area contributed by atoms with Crippen LogP contribution in [-0.2, 0) is 12.8 Å². The van der Waals surface area contributed by atoms with Gasteiger partial charge in [0, 0.05) is 17.8 Å². The zero-order valence-corrected chi connectivity index (χ0v) is 20.4. The number of benzene rings is 2. The van der Waals surface area contributed by atoms with E-state index in [1.807, 2.05) is 13.8 Å². The molecular formula is C28H33N3O4. The summed E-state index contributed by atoms with van der Waals surface area (Å²) in [6.07, 6.45) is 10.0. The molecule has 5 rings (SSSR count). The summed E-state index contributed by atoms with van der Waals surface area (Å²) in [7, 11) is 0. The third kappa shape index (κ3) is 6.88. The molecule has 0 bridgehead atoms. The van der Waals surface area contributed by atoms with Crippen molar-refractivity contribution in [3.05, 3.63) is 87.6 Å². The smallest absolute Gasteiger partial charge is 0.279 e. The maximum Gasteiger partial charge on any atom is 0.279 e. The van der Waals surface area contributed by atoms with Crippen LogP contribution in [0.15, 0.2) is 60.8 Å². The average molecular weight is 476 g/mol. The van der Waals surface area contributed by atoms with E-state index in [-0.39, 0.29) is 17.4 Å². The number of primary amides is 1. The van der Waals surface area contributed by atoms with Crippen molar-refractivity contribution in [1.82, 2.24) is 4.98 Å². The normalized spacial score (nSPS) is 14.1. The van der Waals surface area contributed by atoms with Crippen molar-refractivity contribution in [2.75, 3.05) is 0 Å². The Hall–Kier alpha value is -3.74. The van der Waals surface area contributed by atoms with Crippen LogP contribution in [-0.4, -0.2) is 21.9 Å². The summed E-state index contributed by atoms with van der Waals surface area (Å²) in [5, 5.41) is 11.3. The number of amides is 1. The predicted molar refractivity (Wildman–Crippen MR) is 138 cm³/mol. The number of nitrogens with zero attached hydrogens (tertiary/aromatic N) is 2. The summed E-state index contributed by atoms with van der Waals surface area (Å²) >= 11 is 0. The zero-order valence-electron chi connectivity index (χ0n) is 20.4. The minimum absolute atomic E-state index is 0.0971. The van der Waals surface area contributed by atoms with Gasteiger partial charge in [-0.3, -0.25) is 19.9 Å². The molecule has 0 aliphatic heterocycles. The van der Waals surface area contributed by atoms with Gasteiger partial charge in [0.25, 0.3) is 5.69 Å². The summed E-state index contributed by atoms with van der Waals surface area (Å²) < 4.78 is 5.78. The quantitative estimate of drug-likeness (QED) is 0.345. The summed E-state index contributed by atoms with van der Waals surface area (Å²) in [5.74, 6) is -0.0558. The van der Waals surface area contributed by atoms with Gasteiger partial charge in [-0.05, 0) is 80.3 Å². The van der Waals surface area contributed by atoms with Crippen LogP contribution in [0.3, 0.4) is 0 Å². The third-order valence-corrected chi connectivity index (χ3v) is 6.10. The molecule has 0 saturated heterocycles. The number of ether oxygens (including phenoxy) is 1. The van der Waals surface area contributed by atoms with Crippen LogP contribution in [0.1, 0.15) is 67.4 Å². The second-order valence-corrected chi connectivity index (χ2v) is 8.38. The number of pyridine rings is 1. The number of nitrogens with two attached hydrogens (primary N) is 1. The number of carbonyl (C=O) groups is 1. The lowest BCUT2D eigenvalue weighted by molar-refractivity contribution is -0.384. The van der Waals surface area contributed by atoms with Gasteiger partial charge in [-0.25, -0.2) is 0 Å². The SMILES string of the molecule is CC.NC(=O)c1ccnc(-c2cc(OC3CCC3)ccc2[N+](=O)[O-])c1.c1ccc2c(c1)CCCC2. The molecule has 1 heterocycles. The maximum atomic E-state index is 11.3. The van der Waals surface area contributed by atoms with Gasteiger partial charge in [-0.15, -0.1) is 0 Å². The van der Waals surface area contributed by atoms with E-state index in [1.165, 1.54) is 50.1 Å². The fourth-order valence-electron chi connectivity index (χ4n) is 4.04. The topological polar surface area (TPSA) is 108 Å². The predicted octanol–water partition coefficient (Wildman–Crippen LogP) is 6.28. The van der Waals surface area contributed by atoms with Gasteiger partial charge in [0.15, 0.2) is 0 Å². The molecule has 2 aromatic carbocycles. The first-order valence-corrected chi connectivity index (χ1v) is 12.3. The highest BCUT2D eigenvalue weighted by molar-refractivity contribution is 5.94. The molecule has 7 nitrogen and oxygen atoms in total. The molecule has 1 amide bonds. The Kier molecular flexibility index (Phi) is 9.35. The molecule has 1 aromatic heterocycles. The van der Waals surface area contributed by atoms with Gasteiger partial charge in [-0.1, -0.05) is 38.1 Å². The molecular weight excluding hydrogens is 442 g/mol. The molecule has 1 saturated carbocycles. The first kappa shape index (κ1) is 25.9. The number of nitro groups is 1. The molecule has 7 heteroatoms. The molecule has 1 fully saturated rings. The number of hydrogen-bond acceptors (Lipinski definition) is 5. The van der Waals surface area contributed by atoms with Crippen molar-refractivity contribution >= 4 is 11.6 Å². The van der Waals surface area contributed by atoms with Gasteiger partial charge in [0.1, 0.15) is 5.75 Å². The van der Waals surface area contributed by atoms with Crippen LogP contribution in [0, 0.1) is 10.1 Å². The minimum Gasteiger partial charge on any atom is -0.490 e. The summed E-state index contributed by atoms with van der Waals surface area (Å²) in [5.41, 5.74) is 9.17. The van der Waals surface area contributed by atoms with E-state index in [4.69, 9.17) is 10.5 Å². The Bertz CT molecular complexity index is 1130. The van der Waals surface area contributed by atoms with Gasteiger partial charge >= 0.3 is 0 Å². The third-order valence-electron chi connectivity index (χ3n) is 6.10. The number of hydrogen-bond donors (Lipinski definition) is 1. The summed E-state index contributed by atoms with van der Waals surface area (Å²) in [6.45, 7) is 4.00. The zero-order chi connectivity index (χ0) is 25.2. The fraction of sp³-hybridized carbons (Fsp3) is 0.357. The molecule has 0 radical (unpaired) electrons. The summed E-state index contributed by atoms with van der Waals surface area (Å²) in [6, 6.07) is 16.3. The lowest BCUT2D eigenvalue weighted by Gasteiger charge is -2.26. The standard InChI is InChI=1S/C16H15N3O4.C10H12.C2H6/c17-16(20)10-6-7-18-14(8-10)13-9-12(23-11-2-1-3-11)4-5-15(13)19(21)22;1-2-6-10-8-4-3-7-9(10)5-1;1-2/h4-9,11H,1-3H2,(H2,17,20);1-2,5-6H,3-4,7-8H2;1-2H3. The van der Waals surface area contributed by atoms with Crippen LogP contribution in [0.25, 0.3) is 11.3 Å². The summed E-state index contributed by atoms with van der Waals surface area (Å²) in [4.78, 5) is 26.2. The first-order chi connectivity index (χ1) is 17.0. The van der Waals surface area contributed by atoms with Crippen molar-refractivity contribution in [2.45, 2.75) is 64.9 Å². The number of fused-ring (bicyclic) bond motifs is 1. The molecule has 2 aliphatic rings. The van der Waals surface area contributed by atoms with E-state index in [9.17, 15) is 14.9 Å². The van der Waals surface area contributed by atoms with Crippen LogP contribution in [0.5, 0.6) is 5.75 Å². The van der Waals surface area contributed by atoms with Crippen molar-refractivity contribution in [1.29, 1.82) is 0 Å². The van der Waals surface area contributed by atoms with Gasteiger partial charge in [0.2, 0.25) is 5.91 Å². The van der Waals surface area contributed by atoms with E-state index >= 15 is 0 Å². The van der Waals surface area contributed by atoms with E-state index in [2.05, 4.69) is 29.2 Å². The highest BCUT2D eigenvalue weighted by Crippen LogP contribution is 2.34. The van der Waals surface area contributed by atoms with E-state index in [1.54, 1.807) is 23.3 Å². The van der Waals surface area contributed by atoms with E-state index in [0.29, 0.717) is 17.0 Å². The highest BCUT2D eigenvalue weighted by Gasteiger charge is 2.22. The molecule has 2 aliphatic carbocycles. The number of nitro benzene ring substituents is 1. The minimum atomic E-state index is -0.613. The fourth-order valence-corrected chi connectivity index (χ4v) is 4.04. The number of aryl methyl sites for hydroxylation is 2. The first-order valence-electron chi connectivity index (χ1n) is 12.3. The van der Waals surface area contributed by atoms with Crippen LogP contribution >= 0.6 is 0 Å². The number of rotatable bonds is 5. The maximum absolute atomic E-state index is 11.3. The molecule has 35 heavy (non-hydrogen) atoms. The highest BCUT2D eigenvalue weighted by atomic mass is 16.6. The van der Waals surface area contributed by atoms with Crippen molar-refractivity contribution in [3.63, 3.8) is 0 Å². The monoisotopic (exact) mass is 475 g/mol. The van der Waals surface area contributed by atoms with Crippen LogP contribution < -0.4 is 10.5 Å². The molecule has 3 aromatic rings.